The SMILES string of the molecule is CC(C)Nc1nc(C2=NC34C=C(O)C=CC3(C4)C(O)=CC2)cs1.[HH]. The molecular weight excluding hydrogens is 310 g/mol. The minimum Gasteiger partial charge on any atom is -0.512 e. The van der Waals surface area contributed by atoms with E-state index in [0.717, 1.165) is 16.5 Å². The van der Waals surface area contributed by atoms with Crippen molar-refractivity contribution in [2.24, 2.45) is 10.4 Å². The van der Waals surface area contributed by atoms with Crippen molar-refractivity contribution in [3.63, 3.8) is 0 Å². The predicted molar refractivity (Wildman–Crippen MR) is 94.5 cm³/mol. The van der Waals surface area contributed by atoms with Gasteiger partial charge in [0.1, 0.15) is 17.1 Å². The van der Waals surface area contributed by atoms with E-state index in [1.807, 2.05) is 17.5 Å². The van der Waals surface area contributed by atoms with Crippen LogP contribution in [0.25, 0.3) is 0 Å². The van der Waals surface area contributed by atoms with E-state index in [1.54, 1.807) is 23.5 Å². The smallest absolute Gasteiger partial charge is 0.183 e. The highest BCUT2D eigenvalue weighted by atomic mass is 32.1. The molecule has 1 aromatic rings. The lowest BCUT2D eigenvalue weighted by molar-refractivity contribution is 0.328. The number of aromatic nitrogens is 1. The fourth-order valence-corrected chi connectivity index (χ4v) is 4.26. The summed E-state index contributed by atoms with van der Waals surface area (Å²) in [6, 6.07) is 0.326. The van der Waals surface area contributed by atoms with Crippen LogP contribution in [0.2, 0.25) is 0 Å². The molecule has 4 rings (SSSR count). The van der Waals surface area contributed by atoms with E-state index in [4.69, 9.17) is 4.99 Å². The summed E-state index contributed by atoms with van der Waals surface area (Å²) < 4.78 is 0. The van der Waals surface area contributed by atoms with Crippen molar-refractivity contribution in [3.05, 3.63) is 46.9 Å². The highest BCUT2D eigenvalue weighted by molar-refractivity contribution is 7.13. The fourth-order valence-electron chi connectivity index (χ4n) is 3.40. The van der Waals surface area contributed by atoms with Gasteiger partial charge in [-0.1, -0.05) is 6.08 Å². The summed E-state index contributed by atoms with van der Waals surface area (Å²) in [6.45, 7) is 4.15. The second-order valence-corrected chi connectivity index (χ2v) is 7.52. The van der Waals surface area contributed by atoms with Crippen LogP contribution in [0.3, 0.4) is 0 Å². The fraction of sp³-hybridized carbons (Fsp3) is 0.412. The van der Waals surface area contributed by atoms with Gasteiger partial charge in [-0.15, -0.1) is 11.3 Å². The second kappa shape index (κ2) is 4.71. The molecule has 0 saturated heterocycles. The number of rotatable bonds is 3. The Bertz CT molecular complexity index is 796. The van der Waals surface area contributed by atoms with Crippen molar-refractivity contribution in [2.75, 3.05) is 5.32 Å². The van der Waals surface area contributed by atoms with Gasteiger partial charge in [-0.05, 0) is 38.5 Å². The molecule has 3 N–H and O–H groups in total. The van der Waals surface area contributed by atoms with Crippen molar-refractivity contribution < 1.29 is 11.6 Å². The van der Waals surface area contributed by atoms with E-state index in [0.29, 0.717) is 24.6 Å². The lowest BCUT2D eigenvalue weighted by Crippen LogP contribution is -2.20. The Morgan fingerprint density at radius 3 is 3.00 bits per heavy atom. The third kappa shape index (κ3) is 2.12. The molecule has 0 radical (unpaired) electrons. The van der Waals surface area contributed by atoms with Crippen LogP contribution in [0.5, 0.6) is 0 Å². The van der Waals surface area contributed by atoms with E-state index in [9.17, 15) is 10.2 Å². The van der Waals surface area contributed by atoms with Crippen molar-refractivity contribution in [3.8, 4) is 0 Å². The van der Waals surface area contributed by atoms with Gasteiger partial charge in [0.05, 0.1) is 16.8 Å². The second-order valence-electron chi connectivity index (χ2n) is 6.66. The normalized spacial score (nSPS) is 31.5. The molecule has 1 saturated carbocycles. The zero-order chi connectivity index (χ0) is 16.2. The highest BCUT2D eigenvalue weighted by Crippen LogP contribution is 2.67. The molecule has 122 valence electrons. The number of nitrogens with one attached hydrogen (secondary N) is 1. The van der Waals surface area contributed by atoms with Gasteiger partial charge >= 0.3 is 0 Å². The van der Waals surface area contributed by atoms with Crippen LogP contribution in [0.15, 0.2) is 46.2 Å². The summed E-state index contributed by atoms with van der Waals surface area (Å²) in [6.07, 6.45) is 8.32. The molecule has 0 amide bonds. The van der Waals surface area contributed by atoms with Gasteiger partial charge in [0.15, 0.2) is 5.13 Å². The molecule has 1 aliphatic heterocycles. The number of anilines is 1. The summed E-state index contributed by atoms with van der Waals surface area (Å²) in [5, 5.41) is 26.5. The Balaban J connectivity index is 0.00000169. The maximum atomic E-state index is 10.5. The van der Waals surface area contributed by atoms with Gasteiger partial charge < -0.3 is 15.5 Å². The van der Waals surface area contributed by atoms with Crippen LogP contribution in [0, 0.1) is 5.41 Å². The van der Waals surface area contributed by atoms with Crippen LogP contribution in [0.4, 0.5) is 5.13 Å². The first kappa shape index (κ1) is 14.5. The molecule has 23 heavy (non-hydrogen) atoms. The van der Waals surface area contributed by atoms with Gasteiger partial charge in [0, 0.05) is 19.3 Å². The number of aliphatic hydroxyl groups is 2. The minimum absolute atomic E-state index is 0. The van der Waals surface area contributed by atoms with Gasteiger partial charge in [0.2, 0.25) is 0 Å². The van der Waals surface area contributed by atoms with E-state index in [-0.39, 0.29) is 7.19 Å². The maximum absolute atomic E-state index is 10.5. The molecule has 3 aliphatic rings. The summed E-state index contributed by atoms with van der Waals surface area (Å²) >= 11 is 1.55. The Hall–Kier alpha value is -2.08. The van der Waals surface area contributed by atoms with Crippen LogP contribution < -0.4 is 5.32 Å². The van der Waals surface area contributed by atoms with E-state index in [1.165, 1.54) is 0 Å². The maximum Gasteiger partial charge on any atom is 0.183 e. The molecule has 0 aromatic carbocycles. The van der Waals surface area contributed by atoms with Crippen LogP contribution >= 0.6 is 11.3 Å². The summed E-state index contributed by atoms with van der Waals surface area (Å²) in [5.41, 5.74) is 0.647. The number of aliphatic imine (C=N–C) groups is 1. The van der Waals surface area contributed by atoms with Gasteiger partial charge in [-0.25, -0.2) is 4.98 Å². The van der Waals surface area contributed by atoms with Crippen LogP contribution in [-0.2, 0) is 0 Å². The molecule has 1 fully saturated rings. The zero-order valence-corrected chi connectivity index (χ0v) is 13.9. The molecule has 2 atom stereocenters. The first-order valence-corrected chi connectivity index (χ1v) is 8.64. The van der Waals surface area contributed by atoms with E-state index in [2.05, 4.69) is 24.1 Å². The quantitative estimate of drug-likeness (QED) is 0.783. The standard InChI is InChI=1S/C17H19N3O2S.H2/c1-10(2)18-15-19-13(8-23-15)12-3-4-14(22)16-6-5-11(21)7-17(16,9-16)20-12;/h4-8,10,21-22H,3,9H2,1-2H3,(H,18,19);1H. The molecule has 2 aliphatic carbocycles. The largest absolute Gasteiger partial charge is 0.512 e. The summed E-state index contributed by atoms with van der Waals surface area (Å²) in [4.78, 5) is 9.50. The van der Waals surface area contributed by atoms with Crippen molar-refractivity contribution >= 4 is 22.2 Å². The van der Waals surface area contributed by atoms with Gasteiger partial charge in [0.25, 0.3) is 0 Å². The Morgan fingerprint density at radius 2 is 2.22 bits per heavy atom. The Kier molecular flexibility index (Phi) is 2.97. The lowest BCUT2D eigenvalue weighted by Gasteiger charge is -2.19. The van der Waals surface area contributed by atoms with E-state index >= 15 is 0 Å². The molecule has 0 bridgehead atoms. The Morgan fingerprint density at radius 1 is 1.39 bits per heavy atom. The molecular formula is C17H21N3O2S. The molecule has 0 spiro atoms. The molecule has 1 aromatic heterocycles. The average Bonchev–Trinajstić information content (AvgIpc) is 2.96. The molecule has 2 heterocycles. The summed E-state index contributed by atoms with van der Waals surface area (Å²) in [5.74, 6) is 0.545. The number of hydrogen-bond donors (Lipinski definition) is 3. The zero-order valence-electron chi connectivity index (χ0n) is 13.1. The molecule has 2 unspecified atom stereocenters. The Labute approximate surface area is 140 Å². The third-order valence-electron chi connectivity index (χ3n) is 4.61. The van der Waals surface area contributed by atoms with Gasteiger partial charge in [-0.3, -0.25) is 4.99 Å². The minimum atomic E-state index is -0.562. The van der Waals surface area contributed by atoms with Gasteiger partial charge in [-0.2, -0.15) is 0 Å². The topological polar surface area (TPSA) is 77.7 Å². The number of aliphatic hydroxyl groups excluding tert-OH is 2. The van der Waals surface area contributed by atoms with Crippen molar-refractivity contribution in [1.29, 1.82) is 0 Å². The summed E-state index contributed by atoms with van der Waals surface area (Å²) in [7, 11) is 0. The van der Waals surface area contributed by atoms with Crippen LogP contribution in [0.1, 0.15) is 33.8 Å². The number of hydrogen-bond acceptors (Lipinski definition) is 6. The monoisotopic (exact) mass is 331 g/mol. The third-order valence-corrected chi connectivity index (χ3v) is 5.39. The van der Waals surface area contributed by atoms with E-state index < -0.39 is 11.0 Å². The first-order chi connectivity index (χ1) is 10.9. The predicted octanol–water partition coefficient (Wildman–Crippen LogP) is 3.98. The number of allylic oxidation sites excluding steroid dienone is 2. The van der Waals surface area contributed by atoms with Crippen LogP contribution in [-0.4, -0.2) is 32.5 Å². The van der Waals surface area contributed by atoms with Crippen molar-refractivity contribution in [2.45, 2.75) is 38.3 Å². The lowest BCUT2D eigenvalue weighted by atomic mass is 9.92. The first-order valence-electron chi connectivity index (χ1n) is 7.76. The number of thiazole rings is 1. The number of nitrogens with zero attached hydrogens (tertiary/aromatic N) is 2. The van der Waals surface area contributed by atoms with Crippen molar-refractivity contribution in [1.82, 2.24) is 4.98 Å². The highest BCUT2D eigenvalue weighted by Gasteiger charge is 2.70. The molecule has 5 nitrogen and oxygen atoms in total. The average molecular weight is 331 g/mol. The molecule has 6 heteroatoms.